The Morgan fingerprint density at radius 1 is 1.19 bits per heavy atom. The molecule has 1 aromatic carbocycles. The molecule has 2 rings (SSSR count). The maximum atomic E-state index is 5.97. The van der Waals surface area contributed by atoms with Crippen LogP contribution in [0.2, 0.25) is 0 Å². The number of nitrogens with two attached hydrogens (primary N) is 1. The Morgan fingerprint density at radius 2 is 2.06 bits per heavy atom. The maximum absolute atomic E-state index is 5.97. The van der Waals surface area contributed by atoms with Gasteiger partial charge >= 0.3 is 0 Å². The SMILES string of the molecule is COc1cccc(Sc2ccccn2)c1N. The number of nitrogens with zero attached hydrogens (tertiary/aromatic N) is 1. The molecule has 0 saturated heterocycles. The summed E-state index contributed by atoms with van der Waals surface area (Å²) in [5.41, 5.74) is 6.62. The second kappa shape index (κ2) is 4.90. The van der Waals surface area contributed by atoms with Gasteiger partial charge in [-0.2, -0.15) is 0 Å². The molecule has 0 fully saturated rings. The highest BCUT2D eigenvalue weighted by molar-refractivity contribution is 7.99. The molecule has 16 heavy (non-hydrogen) atoms. The zero-order chi connectivity index (χ0) is 11.4. The predicted molar refractivity (Wildman–Crippen MR) is 65.8 cm³/mol. The van der Waals surface area contributed by atoms with Crippen LogP contribution >= 0.6 is 11.8 Å². The van der Waals surface area contributed by atoms with Crippen molar-refractivity contribution < 1.29 is 4.74 Å². The van der Waals surface area contributed by atoms with Crippen molar-refractivity contribution in [3.8, 4) is 5.75 Å². The second-order valence-corrected chi connectivity index (χ2v) is 4.20. The Hall–Kier alpha value is -1.68. The fourth-order valence-corrected chi connectivity index (χ4v) is 2.15. The third-order valence-corrected chi connectivity index (χ3v) is 3.12. The van der Waals surface area contributed by atoms with Gasteiger partial charge in [0.2, 0.25) is 0 Å². The van der Waals surface area contributed by atoms with Gasteiger partial charge in [-0.25, -0.2) is 4.98 Å². The van der Waals surface area contributed by atoms with Crippen LogP contribution in [-0.4, -0.2) is 12.1 Å². The minimum atomic E-state index is 0.653. The first-order valence-corrected chi connectivity index (χ1v) is 5.64. The Kier molecular flexibility index (Phi) is 3.31. The molecule has 1 heterocycles. The Balaban J connectivity index is 2.28. The lowest BCUT2D eigenvalue weighted by molar-refractivity contribution is 0.416. The molecule has 0 aliphatic rings. The van der Waals surface area contributed by atoms with E-state index in [2.05, 4.69) is 4.98 Å². The van der Waals surface area contributed by atoms with Gasteiger partial charge in [0, 0.05) is 11.1 Å². The number of hydrogen-bond donors (Lipinski definition) is 1. The number of aromatic nitrogens is 1. The number of hydrogen-bond acceptors (Lipinski definition) is 4. The van der Waals surface area contributed by atoms with Crippen LogP contribution in [0.3, 0.4) is 0 Å². The van der Waals surface area contributed by atoms with E-state index < -0.39 is 0 Å². The molecule has 0 atom stereocenters. The van der Waals surface area contributed by atoms with E-state index in [1.54, 1.807) is 13.3 Å². The quantitative estimate of drug-likeness (QED) is 0.827. The van der Waals surface area contributed by atoms with Gasteiger partial charge in [0.05, 0.1) is 12.8 Å². The standard InChI is InChI=1S/C12H12N2OS/c1-15-9-5-4-6-10(12(9)13)16-11-7-2-3-8-14-11/h2-8H,13H2,1H3. The molecule has 0 bridgehead atoms. The first-order chi connectivity index (χ1) is 7.81. The molecule has 3 nitrogen and oxygen atoms in total. The van der Waals surface area contributed by atoms with Gasteiger partial charge in [-0.05, 0) is 24.3 Å². The highest BCUT2D eigenvalue weighted by Crippen LogP contribution is 2.35. The van der Waals surface area contributed by atoms with E-state index in [1.165, 1.54) is 11.8 Å². The number of para-hydroxylation sites is 1. The molecule has 0 saturated carbocycles. The van der Waals surface area contributed by atoms with Crippen LogP contribution in [-0.2, 0) is 0 Å². The summed E-state index contributed by atoms with van der Waals surface area (Å²) in [7, 11) is 1.61. The number of benzene rings is 1. The van der Waals surface area contributed by atoms with E-state index in [9.17, 15) is 0 Å². The molecule has 82 valence electrons. The van der Waals surface area contributed by atoms with Gasteiger partial charge in [-0.15, -0.1) is 0 Å². The molecule has 0 aliphatic carbocycles. The topological polar surface area (TPSA) is 48.1 Å². The predicted octanol–water partition coefficient (Wildman–Crippen LogP) is 2.82. The minimum Gasteiger partial charge on any atom is -0.495 e. The first kappa shape index (κ1) is 10.8. The van der Waals surface area contributed by atoms with Crippen molar-refractivity contribution in [3.05, 3.63) is 42.6 Å². The third-order valence-electron chi connectivity index (χ3n) is 2.10. The van der Waals surface area contributed by atoms with E-state index in [0.29, 0.717) is 11.4 Å². The normalized spacial score (nSPS) is 10.1. The fraction of sp³-hybridized carbons (Fsp3) is 0.0833. The summed E-state index contributed by atoms with van der Waals surface area (Å²) in [4.78, 5) is 5.19. The van der Waals surface area contributed by atoms with Gasteiger partial charge in [0.25, 0.3) is 0 Å². The van der Waals surface area contributed by atoms with Crippen molar-refractivity contribution in [2.24, 2.45) is 0 Å². The molecule has 0 unspecified atom stereocenters. The first-order valence-electron chi connectivity index (χ1n) is 4.82. The summed E-state index contributed by atoms with van der Waals surface area (Å²) in [6, 6.07) is 11.5. The van der Waals surface area contributed by atoms with Crippen molar-refractivity contribution in [1.29, 1.82) is 0 Å². The molecule has 0 radical (unpaired) electrons. The van der Waals surface area contributed by atoms with Crippen molar-refractivity contribution in [1.82, 2.24) is 4.98 Å². The zero-order valence-electron chi connectivity index (χ0n) is 8.88. The monoisotopic (exact) mass is 232 g/mol. The molecular formula is C12H12N2OS. The number of anilines is 1. The average Bonchev–Trinajstić information content (AvgIpc) is 2.33. The summed E-state index contributed by atoms with van der Waals surface area (Å²) >= 11 is 1.53. The Bertz CT molecular complexity index is 474. The largest absolute Gasteiger partial charge is 0.495 e. The van der Waals surface area contributed by atoms with Gasteiger partial charge in [0.15, 0.2) is 0 Å². The van der Waals surface area contributed by atoms with Gasteiger partial charge < -0.3 is 10.5 Å². The van der Waals surface area contributed by atoms with E-state index in [1.807, 2.05) is 36.4 Å². The molecule has 0 spiro atoms. The lowest BCUT2D eigenvalue weighted by atomic mass is 10.3. The van der Waals surface area contributed by atoms with Crippen molar-refractivity contribution in [2.45, 2.75) is 9.92 Å². The minimum absolute atomic E-state index is 0.653. The van der Waals surface area contributed by atoms with E-state index in [0.717, 1.165) is 9.92 Å². The van der Waals surface area contributed by atoms with Crippen molar-refractivity contribution in [3.63, 3.8) is 0 Å². The fourth-order valence-electron chi connectivity index (χ4n) is 1.31. The summed E-state index contributed by atoms with van der Waals surface area (Å²) in [6.07, 6.45) is 1.76. The van der Waals surface area contributed by atoms with Crippen LogP contribution in [0.1, 0.15) is 0 Å². The van der Waals surface area contributed by atoms with E-state index in [4.69, 9.17) is 10.5 Å². The highest BCUT2D eigenvalue weighted by Gasteiger charge is 2.06. The lowest BCUT2D eigenvalue weighted by Gasteiger charge is -2.08. The molecule has 0 amide bonds. The number of methoxy groups -OCH3 is 1. The van der Waals surface area contributed by atoms with Crippen LogP contribution in [0.25, 0.3) is 0 Å². The zero-order valence-corrected chi connectivity index (χ0v) is 9.70. The van der Waals surface area contributed by atoms with Crippen LogP contribution in [0.15, 0.2) is 52.5 Å². The highest BCUT2D eigenvalue weighted by atomic mass is 32.2. The summed E-state index contributed by atoms with van der Waals surface area (Å²) in [6.45, 7) is 0. The number of rotatable bonds is 3. The third kappa shape index (κ3) is 2.28. The van der Waals surface area contributed by atoms with Crippen LogP contribution in [0, 0.1) is 0 Å². The molecule has 2 N–H and O–H groups in total. The average molecular weight is 232 g/mol. The molecule has 4 heteroatoms. The van der Waals surface area contributed by atoms with E-state index >= 15 is 0 Å². The molecular weight excluding hydrogens is 220 g/mol. The summed E-state index contributed by atoms with van der Waals surface area (Å²) in [5, 5.41) is 0.919. The van der Waals surface area contributed by atoms with Gasteiger partial charge in [0.1, 0.15) is 10.8 Å². The number of pyridine rings is 1. The van der Waals surface area contributed by atoms with Crippen LogP contribution in [0.5, 0.6) is 5.75 Å². The van der Waals surface area contributed by atoms with Gasteiger partial charge in [-0.1, -0.05) is 23.9 Å². The molecule has 2 aromatic rings. The summed E-state index contributed by atoms with van der Waals surface area (Å²) in [5.74, 6) is 0.695. The van der Waals surface area contributed by atoms with Crippen LogP contribution in [0.4, 0.5) is 5.69 Å². The maximum Gasteiger partial charge on any atom is 0.142 e. The van der Waals surface area contributed by atoms with E-state index in [-0.39, 0.29) is 0 Å². The van der Waals surface area contributed by atoms with Crippen molar-refractivity contribution >= 4 is 17.4 Å². The lowest BCUT2D eigenvalue weighted by Crippen LogP contribution is -1.94. The van der Waals surface area contributed by atoms with Crippen LogP contribution < -0.4 is 10.5 Å². The van der Waals surface area contributed by atoms with Gasteiger partial charge in [-0.3, -0.25) is 0 Å². The molecule has 1 aromatic heterocycles. The Labute approximate surface area is 98.6 Å². The second-order valence-electron chi connectivity index (χ2n) is 3.14. The number of nitrogen functional groups attached to an aromatic ring is 1. The Morgan fingerprint density at radius 3 is 2.75 bits per heavy atom. The summed E-state index contributed by atoms with van der Waals surface area (Å²) < 4.78 is 5.16. The molecule has 0 aliphatic heterocycles. The smallest absolute Gasteiger partial charge is 0.142 e. The number of ether oxygens (including phenoxy) is 1. The van der Waals surface area contributed by atoms with Crippen molar-refractivity contribution in [2.75, 3.05) is 12.8 Å².